The van der Waals surface area contributed by atoms with Gasteiger partial charge in [0.2, 0.25) is 0 Å². The number of aliphatic hydroxyl groups is 1. The monoisotopic (exact) mass is 234 g/mol. The maximum Gasteiger partial charge on any atom is 0.137 e. The Labute approximate surface area is 100 Å². The summed E-state index contributed by atoms with van der Waals surface area (Å²) in [5.41, 5.74) is 2.06. The van der Waals surface area contributed by atoms with Crippen molar-refractivity contribution in [2.45, 2.75) is 18.9 Å². The first-order valence-corrected chi connectivity index (χ1v) is 6.24. The van der Waals surface area contributed by atoms with Gasteiger partial charge in [0.05, 0.1) is 13.1 Å². The summed E-state index contributed by atoms with van der Waals surface area (Å²) in [6, 6.07) is 6.45. The van der Waals surface area contributed by atoms with Gasteiger partial charge in [-0.1, -0.05) is 12.1 Å². The van der Waals surface area contributed by atoms with Crippen LogP contribution in [0.5, 0.6) is 0 Å². The number of aliphatic hydroxyl groups excluding tert-OH is 1. The zero-order valence-corrected chi connectivity index (χ0v) is 9.70. The Balaban J connectivity index is 1.90. The normalized spacial score (nSPS) is 34.2. The topological polar surface area (TPSA) is 24.7 Å². The molecular formula is C14H17FNO+. The Bertz CT molecular complexity index is 428. The summed E-state index contributed by atoms with van der Waals surface area (Å²) in [7, 11) is 0. The molecule has 3 heteroatoms. The fourth-order valence-corrected chi connectivity index (χ4v) is 2.98. The standard InChI is InChI=1S/C14H16FNO/c15-12-3-1-10(2-4-12)9-13-14(17)11-5-7-16(13)8-6-11/h1-4,9,11,14,17H,5-8H2/p+1/b13-9+/t14-/m0/s1. The van der Waals surface area contributed by atoms with Crippen LogP contribution >= 0.6 is 0 Å². The molecule has 0 aliphatic carbocycles. The van der Waals surface area contributed by atoms with E-state index in [0.717, 1.165) is 37.2 Å². The fourth-order valence-electron chi connectivity index (χ4n) is 2.98. The summed E-state index contributed by atoms with van der Waals surface area (Å²) in [5.74, 6) is 0.213. The smallest absolute Gasteiger partial charge is 0.137 e. The molecule has 3 heterocycles. The summed E-state index contributed by atoms with van der Waals surface area (Å²) in [6.07, 6.45) is 3.96. The summed E-state index contributed by atoms with van der Waals surface area (Å²) in [5, 5.41) is 10.2. The van der Waals surface area contributed by atoms with Crippen LogP contribution in [0.1, 0.15) is 18.4 Å². The van der Waals surface area contributed by atoms with Crippen molar-refractivity contribution in [3.05, 3.63) is 41.3 Å². The number of halogens is 1. The first-order chi connectivity index (χ1) is 8.24. The second kappa shape index (κ2) is 4.24. The Morgan fingerprint density at radius 1 is 1.18 bits per heavy atom. The molecule has 0 aromatic heterocycles. The molecule has 4 rings (SSSR count). The summed E-state index contributed by atoms with van der Waals surface area (Å²) >= 11 is 0. The molecule has 17 heavy (non-hydrogen) atoms. The molecule has 0 unspecified atom stereocenters. The number of nitrogens with one attached hydrogen (secondary N) is 1. The lowest BCUT2D eigenvalue weighted by Crippen LogP contribution is -3.14. The fraction of sp³-hybridized carbons (Fsp3) is 0.429. The molecule has 2 nitrogen and oxygen atoms in total. The highest BCUT2D eigenvalue weighted by Gasteiger charge is 2.40. The van der Waals surface area contributed by atoms with Gasteiger partial charge in [-0.3, -0.25) is 0 Å². The largest absolute Gasteiger partial charge is 0.383 e. The highest BCUT2D eigenvalue weighted by molar-refractivity contribution is 5.52. The minimum absolute atomic E-state index is 0.217. The van der Waals surface area contributed by atoms with Gasteiger partial charge < -0.3 is 10.0 Å². The zero-order chi connectivity index (χ0) is 11.8. The summed E-state index contributed by atoms with van der Waals surface area (Å²) in [4.78, 5) is 1.39. The second-order valence-corrected chi connectivity index (χ2v) is 5.04. The number of fused-ring (bicyclic) bond motifs is 3. The molecule has 1 aromatic rings. The average Bonchev–Trinajstić information content (AvgIpc) is 2.37. The zero-order valence-electron chi connectivity index (χ0n) is 9.70. The molecule has 2 bridgehead atoms. The van der Waals surface area contributed by atoms with E-state index in [0.29, 0.717) is 5.92 Å². The lowest BCUT2D eigenvalue weighted by atomic mass is 9.83. The third kappa shape index (κ3) is 2.01. The Kier molecular flexibility index (Phi) is 2.73. The highest BCUT2D eigenvalue weighted by Crippen LogP contribution is 2.25. The minimum atomic E-state index is -0.308. The first-order valence-electron chi connectivity index (χ1n) is 6.24. The van der Waals surface area contributed by atoms with Gasteiger partial charge in [-0.05, 0) is 17.7 Å². The third-order valence-electron chi connectivity index (χ3n) is 4.00. The van der Waals surface area contributed by atoms with Crippen molar-refractivity contribution < 1.29 is 14.4 Å². The van der Waals surface area contributed by atoms with E-state index in [1.807, 2.05) is 6.08 Å². The van der Waals surface area contributed by atoms with Gasteiger partial charge in [0.25, 0.3) is 0 Å². The van der Waals surface area contributed by atoms with E-state index in [2.05, 4.69) is 0 Å². The maximum atomic E-state index is 12.8. The van der Waals surface area contributed by atoms with E-state index in [1.54, 1.807) is 12.1 Å². The van der Waals surface area contributed by atoms with E-state index in [1.165, 1.54) is 17.0 Å². The number of quaternary nitrogens is 1. The Morgan fingerprint density at radius 3 is 2.41 bits per heavy atom. The van der Waals surface area contributed by atoms with Gasteiger partial charge in [0, 0.05) is 24.8 Å². The van der Waals surface area contributed by atoms with Crippen LogP contribution in [0.4, 0.5) is 4.39 Å². The van der Waals surface area contributed by atoms with Crippen molar-refractivity contribution in [2.75, 3.05) is 13.1 Å². The van der Waals surface area contributed by atoms with E-state index >= 15 is 0 Å². The van der Waals surface area contributed by atoms with Crippen LogP contribution in [0.3, 0.4) is 0 Å². The van der Waals surface area contributed by atoms with Gasteiger partial charge in [-0.2, -0.15) is 0 Å². The van der Waals surface area contributed by atoms with Crippen LogP contribution in [-0.4, -0.2) is 24.3 Å². The number of piperidine rings is 3. The van der Waals surface area contributed by atoms with Crippen molar-refractivity contribution in [3.63, 3.8) is 0 Å². The lowest BCUT2D eigenvalue weighted by molar-refractivity contribution is -0.880. The molecule has 90 valence electrons. The average molecular weight is 234 g/mol. The predicted octanol–water partition coefficient (Wildman–Crippen LogP) is 0.836. The third-order valence-corrected chi connectivity index (χ3v) is 4.00. The van der Waals surface area contributed by atoms with Crippen LogP contribution in [0.25, 0.3) is 6.08 Å². The number of hydrogen-bond acceptors (Lipinski definition) is 1. The van der Waals surface area contributed by atoms with Gasteiger partial charge in [0.1, 0.15) is 17.6 Å². The molecule has 0 amide bonds. The number of benzene rings is 1. The molecule has 3 saturated heterocycles. The molecule has 0 radical (unpaired) electrons. The van der Waals surface area contributed by atoms with Gasteiger partial charge in [-0.25, -0.2) is 4.39 Å². The molecule has 1 atom stereocenters. The molecular weight excluding hydrogens is 217 g/mol. The van der Waals surface area contributed by atoms with Crippen LogP contribution in [0.15, 0.2) is 30.0 Å². The Morgan fingerprint density at radius 2 is 1.82 bits per heavy atom. The van der Waals surface area contributed by atoms with E-state index in [4.69, 9.17) is 0 Å². The van der Waals surface area contributed by atoms with Gasteiger partial charge in [0.15, 0.2) is 0 Å². The van der Waals surface area contributed by atoms with Crippen molar-refractivity contribution in [1.82, 2.24) is 0 Å². The van der Waals surface area contributed by atoms with E-state index < -0.39 is 0 Å². The minimum Gasteiger partial charge on any atom is -0.383 e. The molecule has 3 aliphatic rings. The summed E-state index contributed by atoms with van der Waals surface area (Å²) in [6.45, 7) is 2.24. The van der Waals surface area contributed by atoms with E-state index in [9.17, 15) is 9.50 Å². The van der Waals surface area contributed by atoms with Gasteiger partial charge >= 0.3 is 0 Å². The van der Waals surface area contributed by atoms with Crippen LogP contribution in [0, 0.1) is 11.7 Å². The lowest BCUT2D eigenvalue weighted by Gasteiger charge is -2.41. The van der Waals surface area contributed by atoms with Crippen LogP contribution in [0.2, 0.25) is 0 Å². The van der Waals surface area contributed by atoms with Crippen molar-refractivity contribution in [3.8, 4) is 0 Å². The molecule has 0 spiro atoms. The quantitative estimate of drug-likeness (QED) is 0.739. The molecule has 1 aromatic carbocycles. The molecule has 0 saturated carbocycles. The predicted molar refractivity (Wildman–Crippen MR) is 63.8 cm³/mol. The van der Waals surface area contributed by atoms with Crippen LogP contribution in [-0.2, 0) is 0 Å². The van der Waals surface area contributed by atoms with Crippen molar-refractivity contribution >= 4 is 6.08 Å². The van der Waals surface area contributed by atoms with Gasteiger partial charge in [-0.15, -0.1) is 0 Å². The molecule has 2 N–H and O–H groups in total. The van der Waals surface area contributed by atoms with Crippen molar-refractivity contribution in [2.24, 2.45) is 5.92 Å². The first kappa shape index (κ1) is 10.9. The van der Waals surface area contributed by atoms with Crippen LogP contribution < -0.4 is 4.90 Å². The highest BCUT2D eigenvalue weighted by atomic mass is 19.1. The molecule has 3 aliphatic heterocycles. The SMILES string of the molecule is O[C@@H]1/C(=C\c2ccc(F)cc2)[NH+]2CCC1CC2. The maximum absolute atomic E-state index is 12.8. The molecule has 3 fully saturated rings. The van der Waals surface area contributed by atoms with Crippen molar-refractivity contribution in [1.29, 1.82) is 0 Å². The Hall–Kier alpha value is -1.19. The number of hydrogen-bond donors (Lipinski definition) is 2. The number of rotatable bonds is 1. The van der Waals surface area contributed by atoms with E-state index in [-0.39, 0.29) is 11.9 Å². The summed E-state index contributed by atoms with van der Waals surface area (Å²) < 4.78 is 12.8. The second-order valence-electron chi connectivity index (χ2n) is 5.04.